The number of halogens is 3. The number of hydrogen-bond donors (Lipinski definition) is 2. The molecule has 2 heterocycles. The second-order valence-electron chi connectivity index (χ2n) is 6.36. The zero-order valence-corrected chi connectivity index (χ0v) is 14.0. The number of piperidine rings is 1. The van der Waals surface area contributed by atoms with E-state index >= 15 is 0 Å². The minimum atomic E-state index is -4.44. The average Bonchev–Trinajstić information content (AvgIpc) is 2.54. The summed E-state index contributed by atoms with van der Waals surface area (Å²) < 4.78 is 37.8. The molecule has 1 aromatic heterocycles. The molecule has 2 N–H and O–H groups in total. The summed E-state index contributed by atoms with van der Waals surface area (Å²) in [6, 6.07) is 2.21. The maximum Gasteiger partial charge on any atom is 0.417 e. The van der Waals surface area contributed by atoms with Crippen LogP contribution in [0.15, 0.2) is 31.0 Å². The number of hydrogen-bond acceptors (Lipinski definition) is 3. The Morgan fingerprint density at radius 1 is 1.56 bits per heavy atom. The van der Waals surface area contributed by atoms with Crippen LogP contribution in [0.1, 0.15) is 31.7 Å². The number of alkyl halides is 3. The van der Waals surface area contributed by atoms with E-state index in [9.17, 15) is 23.1 Å². The highest BCUT2D eigenvalue weighted by Gasteiger charge is 2.45. The summed E-state index contributed by atoms with van der Waals surface area (Å²) in [6.45, 7) is 6.40. The summed E-state index contributed by atoms with van der Waals surface area (Å²) in [7, 11) is 0. The molecule has 0 aliphatic carbocycles. The molecule has 1 amide bonds. The second-order valence-corrected chi connectivity index (χ2v) is 6.36. The fraction of sp³-hybridized carbons (Fsp3) is 0.529. The zero-order valence-electron chi connectivity index (χ0n) is 14.0. The van der Waals surface area contributed by atoms with Gasteiger partial charge in [-0.25, -0.2) is 9.78 Å². The van der Waals surface area contributed by atoms with E-state index in [4.69, 9.17) is 0 Å². The van der Waals surface area contributed by atoms with Crippen LogP contribution in [-0.2, 0) is 6.18 Å². The molecule has 1 aliphatic heterocycles. The van der Waals surface area contributed by atoms with Crippen molar-refractivity contribution in [1.29, 1.82) is 0 Å². The van der Waals surface area contributed by atoms with Crippen molar-refractivity contribution in [3.05, 3.63) is 36.5 Å². The number of aromatic nitrogens is 1. The van der Waals surface area contributed by atoms with E-state index in [1.807, 2.05) is 6.92 Å². The predicted octanol–water partition coefficient (Wildman–Crippen LogP) is 4.24. The molecule has 138 valence electrons. The lowest BCUT2D eigenvalue weighted by atomic mass is 9.75. The van der Waals surface area contributed by atoms with Crippen molar-refractivity contribution in [2.45, 2.75) is 37.9 Å². The SMILES string of the molecule is C=CC[C@@]1(CNc2ccc(C(F)(F)F)cn2)[C@H](C)CCCN1C(=O)O. The molecule has 0 unspecified atom stereocenters. The van der Waals surface area contributed by atoms with Crippen LogP contribution in [0.25, 0.3) is 0 Å². The number of rotatable bonds is 5. The smallest absolute Gasteiger partial charge is 0.417 e. The van der Waals surface area contributed by atoms with Gasteiger partial charge in [-0.15, -0.1) is 6.58 Å². The van der Waals surface area contributed by atoms with Crippen LogP contribution in [0.4, 0.5) is 23.8 Å². The lowest BCUT2D eigenvalue weighted by Crippen LogP contribution is -2.61. The van der Waals surface area contributed by atoms with Crippen LogP contribution >= 0.6 is 0 Å². The quantitative estimate of drug-likeness (QED) is 0.774. The van der Waals surface area contributed by atoms with E-state index in [1.165, 1.54) is 11.0 Å². The number of pyridine rings is 1. The van der Waals surface area contributed by atoms with E-state index in [1.54, 1.807) is 6.08 Å². The standard InChI is InChI=1S/C17H22F3N3O2/c1-3-8-16(12(2)5-4-9-23(16)15(24)25)11-22-14-7-6-13(10-21-14)17(18,19)20/h3,6-7,10,12H,1,4-5,8-9,11H2,2H3,(H,21,22)(H,24,25)/t12-,16-/m1/s1. The van der Waals surface area contributed by atoms with Crippen LogP contribution in [0.5, 0.6) is 0 Å². The molecule has 2 atom stereocenters. The number of nitrogens with zero attached hydrogens (tertiary/aromatic N) is 2. The summed E-state index contributed by atoms with van der Waals surface area (Å²) in [5.74, 6) is 0.358. The highest BCUT2D eigenvalue weighted by atomic mass is 19.4. The van der Waals surface area contributed by atoms with Gasteiger partial charge in [-0.05, 0) is 37.3 Å². The van der Waals surface area contributed by atoms with Crippen molar-refractivity contribution in [2.24, 2.45) is 5.92 Å². The molecule has 0 saturated carbocycles. The molecule has 25 heavy (non-hydrogen) atoms. The van der Waals surface area contributed by atoms with Gasteiger partial charge in [-0.2, -0.15) is 13.2 Å². The highest BCUT2D eigenvalue weighted by molar-refractivity contribution is 5.66. The first-order valence-electron chi connectivity index (χ1n) is 8.09. The largest absolute Gasteiger partial charge is 0.465 e. The lowest BCUT2D eigenvalue weighted by Gasteiger charge is -2.49. The van der Waals surface area contributed by atoms with Crippen molar-refractivity contribution >= 4 is 11.9 Å². The Labute approximate surface area is 144 Å². The van der Waals surface area contributed by atoms with Gasteiger partial charge in [-0.3, -0.25) is 0 Å². The Kier molecular flexibility index (Phi) is 5.59. The number of likely N-dealkylation sites (tertiary alicyclic amines) is 1. The second kappa shape index (κ2) is 7.33. The molecule has 0 radical (unpaired) electrons. The van der Waals surface area contributed by atoms with Crippen molar-refractivity contribution in [3.63, 3.8) is 0 Å². The summed E-state index contributed by atoms with van der Waals surface area (Å²) in [5.41, 5.74) is -1.52. The fourth-order valence-corrected chi connectivity index (χ4v) is 3.41. The summed E-state index contributed by atoms with van der Waals surface area (Å²) in [5, 5.41) is 12.6. The summed E-state index contributed by atoms with van der Waals surface area (Å²) in [6.07, 6.45) is -0.885. The highest BCUT2D eigenvalue weighted by Crippen LogP contribution is 2.37. The third-order valence-electron chi connectivity index (χ3n) is 4.87. The first kappa shape index (κ1) is 19.1. The molecule has 0 aromatic carbocycles. The van der Waals surface area contributed by atoms with E-state index in [2.05, 4.69) is 16.9 Å². The number of anilines is 1. The van der Waals surface area contributed by atoms with Crippen molar-refractivity contribution in [2.75, 3.05) is 18.4 Å². The Hall–Kier alpha value is -2.25. The van der Waals surface area contributed by atoms with Gasteiger partial charge < -0.3 is 15.3 Å². The third kappa shape index (κ3) is 4.05. The molecule has 1 aromatic rings. The van der Waals surface area contributed by atoms with Gasteiger partial charge in [0, 0.05) is 19.3 Å². The average molecular weight is 357 g/mol. The number of nitrogens with one attached hydrogen (secondary N) is 1. The molecule has 1 saturated heterocycles. The third-order valence-corrected chi connectivity index (χ3v) is 4.87. The molecule has 0 spiro atoms. The first-order valence-corrected chi connectivity index (χ1v) is 8.09. The maximum atomic E-state index is 12.6. The fourth-order valence-electron chi connectivity index (χ4n) is 3.41. The molecular formula is C17H22F3N3O2. The molecule has 1 fully saturated rings. The molecule has 5 nitrogen and oxygen atoms in total. The van der Waals surface area contributed by atoms with Gasteiger partial charge in [0.15, 0.2) is 0 Å². The van der Waals surface area contributed by atoms with Crippen molar-refractivity contribution in [3.8, 4) is 0 Å². The van der Waals surface area contributed by atoms with Crippen molar-refractivity contribution < 1.29 is 23.1 Å². The van der Waals surface area contributed by atoms with Crippen LogP contribution < -0.4 is 5.32 Å². The normalized spacial score (nSPS) is 24.0. The van der Waals surface area contributed by atoms with E-state index in [0.29, 0.717) is 13.0 Å². The van der Waals surface area contributed by atoms with Crippen LogP contribution in [-0.4, -0.2) is 39.7 Å². The maximum absolute atomic E-state index is 12.6. The molecular weight excluding hydrogens is 335 g/mol. The molecule has 0 bridgehead atoms. The van der Waals surface area contributed by atoms with Crippen LogP contribution in [0.3, 0.4) is 0 Å². The Balaban J connectivity index is 2.20. The van der Waals surface area contributed by atoms with Gasteiger partial charge >= 0.3 is 12.3 Å². The lowest BCUT2D eigenvalue weighted by molar-refractivity contribution is -0.137. The number of carbonyl (C=O) groups is 1. The van der Waals surface area contributed by atoms with E-state index in [0.717, 1.165) is 25.1 Å². The van der Waals surface area contributed by atoms with Gasteiger partial charge in [0.05, 0.1) is 11.1 Å². The topological polar surface area (TPSA) is 65.5 Å². The zero-order chi connectivity index (χ0) is 18.7. The Morgan fingerprint density at radius 3 is 2.80 bits per heavy atom. The minimum absolute atomic E-state index is 0.0808. The number of amides is 1. The minimum Gasteiger partial charge on any atom is -0.465 e. The Bertz CT molecular complexity index is 619. The molecule has 8 heteroatoms. The summed E-state index contributed by atoms with van der Waals surface area (Å²) >= 11 is 0. The van der Waals surface area contributed by atoms with Crippen LogP contribution in [0, 0.1) is 5.92 Å². The predicted molar refractivity (Wildman–Crippen MR) is 88.4 cm³/mol. The van der Waals surface area contributed by atoms with Gasteiger partial charge in [-0.1, -0.05) is 13.0 Å². The Morgan fingerprint density at radius 2 is 2.28 bits per heavy atom. The van der Waals surface area contributed by atoms with E-state index < -0.39 is 23.4 Å². The van der Waals surface area contributed by atoms with Gasteiger partial charge in [0.2, 0.25) is 0 Å². The molecule has 1 aliphatic rings. The van der Waals surface area contributed by atoms with Crippen molar-refractivity contribution in [1.82, 2.24) is 9.88 Å². The first-order chi connectivity index (χ1) is 11.7. The van der Waals surface area contributed by atoms with Gasteiger partial charge in [0.1, 0.15) is 5.82 Å². The monoisotopic (exact) mass is 357 g/mol. The van der Waals surface area contributed by atoms with Crippen LogP contribution in [0.2, 0.25) is 0 Å². The summed E-state index contributed by atoms with van der Waals surface area (Å²) in [4.78, 5) is 16.9. The molecule has 2 rings (SSSR count). The van der Waals surface area contributed by atoms with Gasteiger partial charge in [0.25, 0.3) is 0 Å². The number of carboxylic acid groups (broad SMARTS) is 1. The van der Waals surface area contributed by atoms with E-state index in [-0.39, 0.29) is 18.3 Å².